The molecule has 0 aromatic heterocycles. The summed E-state index contributed by atoms with van der Waals surface area (Å²) in [6.45, 7) is 5.35. The van der Waals surface area contributed by atoms with E-state index in [4.69, 9.17) is 0 Å². The SMILES string of the molecule is CC(C)[C@]1(C)CC1(F)F. The van der Waals surface area contributed by atoms with Crippen LogP contribution in [0.15, 0.2) is 0 Å². The minimum Gasteiger partial charge on any atom is -0.206 e. The van der Waals surface area contributed by atoms with Gasteiger partial charge in [-0.3, -0.25) is 0 Å². The molecule has 0 unspecified atom stereocenters. The summed E-state index contributed by atoms with van der Waals surface area (Å²) in [4.78, 5) is 0. The largest absolute Gasteiger partial charge is 0.254 e. The zero-order chi connectivity index (χ0) is 7.28. The van der Waals surface area contributed by atoms with Gasteiger partial charge in [-0.1, -0.05) is 20.8 Å². The van der Waals surface area contributed by atoms with Gasteiger partial charge in [-0.2, -0.15) is 0 Å². The molecule has 0 aromatic rings. The monoisotopic (exact) mass is 134 g/mol. The first-order valence-electron chi connectivity index (χ1n) is 3.28. The second-order valence-corrected chi connectivity index (χ2v) is 3.45. The molecule has 1 saturated carbocycles. The Morgan fingerprint density at radius 1 is 1.33 bits per heavy atom. The van der Waals surface area contributed by atoms with E-state index in [2.05, 4.69) is 0 Å². The van der Waals surface area contributed by atoms with Gasteiger partial charge in [-0.25, -0.2) is 8.78 Å². The second kappa shape index (κ2) is 1.47. The van der Waals surface area contributed by atoms with Crippen molar-refractivity contribution in [2.24, 2.45) is 11.3 Å². The van der Waals surface area contributed by atoms with Gasteiger partial charge in [-0.15, -0.1) is 0 Å². The minimum absolute atomic E-state index is 0.0810. The second-order valence-electron chi connectivity index (χ2n) is 3.45. The molecule has 9 heavy (non-hydrogen) atoms. The summed E-state index contributed by atoms with van der Waals surface area (Å²) in [6, 6.07) is 0. The van der Waals surface area contributed by atoms with E-state index in [1.165, 1.54) is 0 Å². The van der Waals surface area contributed by atoms with Crippen LogP contribution in [0.4, 0.5) is 8.78 Å². The van der Waals surface area contributed by atoms with Crippen molar-refractivity contribution in [3.63, 3.8) is 0 Å². The molecule has 0 aromatic carbocycles. The summed E-state index contributed by atoms with van der Waals surface area (Å²) >= 11 is 0. The van der Waals surface area contributed by atoms with E-state index < -0.39 is 11.3 Å². The van der Waals surface area contributed by atoms with Crippen LogP contribution in [0, 0.1) is 11.3 Å². The molecule has 54 valence electrons. The van der Waals surface area contributed by atoms with Crippen LogP contribution in [-0.4, -0.2) is 5.92 Å². The van der Waals surface area contributed by atoms with E-state index in [9.17, 15) is 8.78 Å². The van der Waals surface area contributed by atoms with Crippen molar-refractivity contribution in [2.75, 3.05) is 0 Å². The Morgan fingerprint density at radius 2 is 1.67 bits per heavy atom. The average Bonchev–Trinajstić information content (AvgIpc) is 2.08. The Kier molecular flexibility index (Phi) is 1.14. The summed E-state index contributed by atoms with van der Waals surface area (Å²) in [6.07, 6.45) is 0.0810. The summed E-state index contributed by atoms with van der Waals surface area (Å²) < 4.78 is 24.9. The van der Waals surface area contributed by atoms with Crippen LogP contribution < -0.4 is 0 Å². The number of rotatable bonds is 1. The third-order valence-electron chi connectivity index (χ3n) is 2.57. The molecule has 0 radical (unpaired) electrons. The van der Waals surface area contributed by atoms with Gasteiger partial charge in [-0.05, 0) is 5.92 Å². The smallest absolute Gasteiger partial charge is 0.206 e. The lowest BCUT2D eigenvalue weighted by Gasteiger charge is -2.13. The highest BCUT2D eigenvalue weighted by atomic mass is 19.3. The van der Waals surface area contributed by atoms with Crippen LogP contribution in [-0.2, 0) is 0 Å². The van der Waals surface area contributed by atoms with E-state index in [1.54, 1.807) is 6.92 Å². The average molecular weight is 134 g/mol. The van der Waals surface area contributed by atoms with Crippen LogP contribution in [0.25, 0.3) is 0 Å². The third kappa shape index (κ3) is 0.759. The molecule has 1 atom stereocenters. The maximum atomic E-state index is 12.4. The minimum atomic E-state index is -2.37. The normalized spacial score (nSPS) is 39.3. The zero-order valence-corrected chi connectivity index (χ0v) is 6.04. The van der Waals surface area contributed by atoms with Crippen molar-refractivity contribution < 1.29 is 8.78 Å². The quantitative estimate of drug-likeness (QED) is 0.517. The topological polar surface area (TPSA) is 0 Å². The fraction of sp³-hybridized carbons (Fsp3) is 1.00. The van der Waals surface area contributed by atoms with Crippen LogP contribution in [0.2, 0.25) is 0 Å². The molecule has 2 heteroatoms. The van der Waals surface area contributed by atoms with Crippen molar-refractivity contribution in [1.82, 2.24) is 0 Å². The van der Waals surface area contributed by atoms with E-state index in [-0.39, 0.29) is 12.3 Å². The van der Waals surface area contributed by atoms with E-state index >= 15 is 0 Å². The third-order valence-corrected chi connectivity index (χ3v) is 2.57. The predicted molar refractivity (Wildman–Crippen MR) is 32.5 cm³/mol. The number of hydrogen-bond donors (Lipinski definition) is 0. The maximum Gasteiger partial charge on any atom is 0.254 e. The first-order chi connectivity index (χ1) is 3.90. The fourth-order valence-corrected chi connectivity index (χ4v) is 1.04. The Hall–Kier alpha value is -0.140. The number of alkyl halides is 2. The molecule has 0 aliphatic heterocycles. The van der Waals surface area contributed by atoms with Gasteiger partial charge in [0, 0.05) is 11.8 Å². The molecule has 1 aliphatic carbocycles. The molecule has 0 saturated heterocycles. The lowest BCUT2D eigenvalue weighted by molar-refractivity contribution is 0.0529. The van der Waals surface area contributed by atoms with Crippen LogP contribution >= 0.6 is 0 Å². The molecule has 1 fully saturated rings. The molecular formula is C7H12F2. The van der Waals surface area contributed by atoms with E-state index in [0.29, 0.717) is 0 Å². The van der Waals surface area contributed by atoms with E-state index in [1.807, 2.05) is 13.8 Å². The first-order valence-corrected chi connectivity index (χ1v) is 3.28. The Balaban J connectivity index is 2.63. The molecular weight excluding hydrogens is 122 g/mol. The van der Waals surface area contributed by atoms with Crippen LogP contribution in [0.1, 0.15) is 27.2 Å². The van der Waals surface area contributed by atoms with Gasteiger partial charge in [0.1, 0.15) is 0 Å². The standard InChI is InChI=1S/C7H12F2/c1-5(2)6(3)4-7(6,8)9/h5H,4H2,1-3H3/t6-/m0/s1. The predicted octanol–water partition coefficient (Wildman–Crippen LogP) is 2.69. The molecule has 1 aliphatic rings. The molecule has 0 spiro atoms. The van der Waals surface area contributed by atoms with Gasteiger partial charge >= 0.3 is 0 Å². The fourth-order valence-electron chi connectivity index (χ4n) is 1.04. The summed E-state index contributed by atoms with van der Waals surface area (Å²) in [5.41, 5.74) is -0.688. The molecule has 0 bridgehead atoms. The highest BCUT2D eigenvalue weighted by Gasteiger charge is 2.68. The van der Waals surface area contributed by atoms with E-state index in [0.717, 1.165) is 0 Å². The van der Waals surface area contributed by atoms with Crippen molar-refractivity contribution in [1.29, 1.82) is 0 Å². The van der Waals surface area contributed by atoms with Gasteiger partial charge in [0.25, 0.3) is 5.92 Å². The van der Waals surface area contributed by atoms with Crippen LogP contribution in [0.3, 0.4) is 0 Å². The first kappa shape index (κ1) is 6.97. The summed E-state index contributed by atoms with van der Waals surface area (Å²) in [5.74, 6) is -2.27. The molecule has 1 rings (SSSR count). The Labute approximate surface area is 54.3 Å². The maximum absolute atomic E-state index is 12.4. The van der Waals surface area contributed by atoms with Crippen molar-refractivity contribution >= 4 is 0 Å². The van der Waals surface area contributed by atoms with Crippen molar-refractivity contribution in [3.05, 3.63) is 0 Å². The van der Waals surface area contributed by atoms with Crippen LogP contribution in [0.5, 0.6) is 0 Å². The lowest BCUT2D eigenvalue weighted by Crippen LogP contribution is -2.13. The summed E-state index contributed by atoms with van der Waals surface area (Å²) in [7, 11) is 0. The highest BCUT2D eigenvalue weighted by Crippen LogP contribution is 2.64. The summed E-state index contributed by atoms with van der Waals surface area (Å²) in [5, 5.41) is 0. The Bertz CT molecular complexity index is 129. The van der Waals surface area contributed by atoms with Gasteiger partial charge < -0.3 is 0 Å². The number of hydrogen-bond acceptors (Lipinski definition) is 0. The van der Waals surface area contributed by atoms with Gasteiger partial charge in [0.2, 0.25) is 0 Å². The Morgan fingerprint density at radius 3 is 1.67 bits per heavy atom. The molecule has 0 amide bonds. The number of halogens is 2. The molecule has 0 nitrogen and oxygen atoms in total. The van der Waals surface area contributed by atoms with Crippen molar-refractivity contribution in [2.45, 2.75) is 33.1 Å². The van der Waals surface area contributed by atoms with Gasteiger partial charge in [0.15, 0.2) is 0 Å². The molecule has 0 N–H and O–H groups in total. The molecule has 0 heterocycles. The lowest BCUT2D eigenvalue weighted by atomic mass is 9.94. The van der Waals surface area contributed by atoms with Gasteiger partial charge in [0.05, 0.1) is 0 Å². The van der Waals surface area contributed by atoms with Crippen molar-refractivity contribution in [3.8, 4) is 0 Å². The zero-order valence-electron chi connectivity index (χ0n) is 6.04. The highest BCUT2D eigenvalue weighted by molar-refractivity contribution is 5.08.